The molecule has 0 aromatic heterocycles. The predicted molar refractivity (Wildman–Crippen MR) is 53.8 cm³/mol. The SMILES string of the molecule is CCC(CNC1CC1)OCC1CC1. The van der Waals surface area contributed by atoms with Gasteiger partial charge in [-0.25, -0.2) is 0 Å². The van der Waals surface area contributed by atoms with Gasteiger partial charge in [-0.1, -0.05) is 6.92 Å². The summed E-state index contributed by atoms with van der Waals surface area (Å²) in [5.74, 6) is 0.898. The van der Waals surface area contributed by atoms with Crippen LogP contribution < -0.4 is 5.32 Å². The summed E-state index contributed by atoms with van der Waals surface area (Å²) in [4.78, 5) is 0. The third kappa shape index (κ3) is 3.65. The molecule has 1 unspecified atom stereocenters. The Kier molecular flexibility index (Phi) is 3.23. The lowest BCUT2D eigenvalue weighted by Gasteiger charge is -2.16. The second-order valence-corrected chi connectivity index (χ2v) is 4.49. The summed E-state index contributed by atoms with van der Waals surface area (Å²) in [6, 6.07) is 0.818. The maximum atomic E-state index is 5.83. The Morgan fingerprint density at radius 3 is 2.62 bits per heavy atom. The summed E-state index contributed by atoms with van der Waals surface area (Å²) in [7, 11) is 0. The zero-order chi connectivity index (χ0) is 9.10. The number of hydrogen-bond acceptors (Lipinski definition) is 2. The van der Waals surface area contributed by atoms with Crippen LogP contribution in [0.3, 0.4) is 0 Å². The molecule has 76 valence electrons. The van der Waals surface area contributed by atoms with Gasteiger partial charge >= 0.3 is 0 Å². The number of nitrogens with one attached hydrogen (secondary N) is 1. The molecule has 0 aromatic rings. The Bertz CT molecular complexity index is 136. The molecular formula is C11H21NO. The molecule has 0 bridgehead atoms. The minimum Gasteiger partial charge on any atom is -0.377 e. The standard InChI is InChI=1S/C11H21NO/c1-2-11(7-12-10-5-6-10)13-8-9-3-4-9/h9-12H,2-8H2,1H3. The van der Waals surface area contributed by atoms with E-state index in [2.05, 4.69) is 12.2 Å². The van der Waals surface area contributed by atoms with E-state index < -0.39 is 0 Å². The average Bonchev–Trinajstić information content (AvgIpc) is 3.01. The predicted octanol–water partition coefficient (Wildman–Crippen LogP) is 1.94. The molecule has 0 heterocycles. The van der Waals surface area contributed by atoms with E-state index in [0.29, 0.717) is 6.10 Å². The molecule has 0 saturated heterocycles. The first-order valence-corrected chi connectivity index (χ1v) is 5.73. The topological polar surface area (TPSA) is 21.3 Å². The van der Waals surface area contributed by atoms with Crippen LogP contribution in [0.15, 0.2) is 0 Å². The fourth-order valence-corrected chi connectivity index (χ4v) is 1.46. The van der Waals surface area contributed by atoms with Crippen LogP contribution in [0.4, 0.5) is 0 Å². The third-order valence-corrected chi connectivity index (χ3v) is 2.93. The van der Waals surface area contributed by atoms with Crippen LogP contribution >= 0.6 is 0 Å². The molecule has 2 heteroatoms. The molecule has 2 nitrogen and oxygen atoms in total. The third-order valence-electron chi connectivity index (χ3n) is 2.93. The van der Waals surface area contributed by atoms with Crippen molar-refractivity contribution in [2.75, 3.05) is 13.2 Å². The highest BCUT2D eigenvalue weighted by atomic mass is 16.5. The van der Waals surface area contributed by atoms with Crippen molar-refractivity contribution in [2.45, 2.75) is 51.2 Å². The summed E-state index contributed by atoms with van der Waals surface area (Å²) < 4.78 is 5.83. The first-order chi connectivity index (χ1) is 6.38. The fourth-order valence-electron chi connectivity index (χ4n) is 1.46. The largest absolute Gasteiger partial charge is 0.377 e. The van der Waals surface area contributed by atoms with Gasteiger partial charge in [-0.05, 0) is 38.0 Å². The van der Waals surface area contributed by atoms with E-state index in [-0.39, 0.29) is 0 Å². The van der Waals surface area contributed by atoms with E-state index in [1.807, 2.05) is 0 Å². The van der Waals surface area contributed by atoms with Crippen LogP contribution in [0.25, 0.3) is 0 Å². The smallest absolute Gasteiger partial charge is 0.0697 e. The Morgan fingerprint density at radius 2 is 2.08 bits per heavy atom. The molecule has 2 aliphatic rings. The van der Waals surface area contributed by atoms with E-state index in [4.69, 9.17) is 4.74 Å². The van der Waals surface area contributed by atoms with Crippen molar-refractivity contribution >= 4 is 0 Å². The first kappa shape index (κ1) is 9.47. The normalized spacial score (nSPS) is 24.7. The molecule has 2 rings (SSSR count). The minimum absolute atomic E-state index is 0.459. The molecule has 1 atom stereocenters. The van der Waals surface area contributed by atoms with Crippen LogP contribution in [0.5, 0.6) is 0 Å². The maximum absolute atomic E-state index is 5.83. The van der Waals surface area contributed by atoms with Crippen molar-refractivity contribution < 1.29 is 4.74 Å². The van der Waals surface area contributed by atoms with E-state index in [1.54, 1.807) is 0 Å². The Hall–Kier alpha value is -0.0800. The molecule has 2 aliphatic carbocycles. The summed E-state index contributed by atoms with van der Waals surface area (Å²) in [6.07, 6.45) is 7.14. The van der Waals surface area contributed by atoms with Gasteiger partial charge in [0.1, 0.15) is 0 Å². The zero-order valence-corrected chi connectivity index (χ0v) is 8.59. The molecule has 0 aromatic carbocycles. The number of rotatable bonds is 7. The number of hydrogen-bond donors (Lipinski definition) is 1. The fraction of sp³-hybridized carbons (Fsp3) is 1.00. The van der Waals surface area contributed by atoms with Crippen LogP contribution in [0.2, 0.25) is 0 Å². The van der Waals surface area contributed by atoms with Gasteiger partial charge in [0.05, 0.1) is 6.10 Å². The van der Waals surface area contributed by atoms with Crippen molar-refractivity contribution in [1.82, 2.24) is 5.32 Å². The van der Waals surface area contributed by atoms with Crippen LogP contribution in [0.1, 0.15) is 39.0 Å². The second-order valence-electron chi connectivity index (χ2n) is 4.49. The average molecular weight is 183 g/mol. The second kappa shape index (κ2) is 4.43. The zero-order valence-electron chi connectivity index (χ0n) is 8.59. The molecule has 0 radical (unpaired) electrons. The van der Waals surface area contributed by atoms with Crippen molar-refractivity contribution in [2.24, 2.45) is 5.92 Å². The lowest BCUT2D eigenvalue weighted by Crippen LogP contribution is -2.30. The summed E-state index contributed by atoms with van der Waals surface area (Å²) in [6.45, 7) is 4.28. The van der Waals surface area contributed by atoms with Crippen LogP contribution in [-0.2, 0) is 4.74 Å². The van der Waals surface area contributed by atoms with Crippen molar-refractivity contribution in [3.63, 3.8) is 0 Å². The van der Waals surface area contributed by atoms with E-state index in [9.17, 15) is 0 Å². The van der Waals surface area contributed by atoms with Gasteiger partial charge in [0.15, 0.2) is 0 Å². The molecule has 1 N–H and O–H groups in total. The summed E-state index contributed by atoms with van der Waals surface area (Å²) in [5, 5.41) is 3.53. The van der Waals surface area contributed by atoms with E-state index in [1.165, 1.54) is 25.7 Å². The molecular weight excluding hydrogens is 162 g/mol. The molecule has 2 saturated carbocycles. The molecule has 0 amide bonds. The van der Waals surface area contributed by atoms with Crippen LogP contribution in [-0.4, -0.2) is 25.3 Å². The molecule has 13 heavy (non-hydrogen) atoms. The molecule has 0 spiro atoms. The van der Waals surface area contributed by atoms with Gasteiger partial charge in [-0.2, -0.15) is 0 Å². The lowest BCUT2D eigenvalue weighted by atomic mass is 10.2. The highest BCUT2D eigenvalue weighted by Gasteiger charge is 2.24. The molecule has 0 aliphatic heterocycles. The quantitative estimate of drug-likeness (QED) is 0.651. The van der Waals surface area contributed by atoms with Crippen LogP contribution in [0, 0.1) is 5.92 Å². The van der Waals surface area contributed by atoms with Gasteiger partial charge < -0.3 is 10.1 Å². The highest BCUT2D eigenvalue weighted by molar-refractivity contribution is 4.82. The lowest BCUT2D eigenvalue weighted by molar-refractivity contribution is 0.0435. The van der Waals surface area contributed by atoms with Gasteiger partial charge in [-0.15, -0.1) is 0 Å². The van der Waals surface area contributed by atoms with E-state index in [0.717, 1.165) is 31.5 Å². The maximum Gasteiger partial charge on any atom is 0.0697 e. The summed E-state index contributed by atoms with van der Waals surface area (Å²) in [5.41, 5.74) is 0. The van der Waals surface area contributed by atoms with Crippen molar-refractivity contribution in [3.05, 3.63) is 0 Å². The minimum atomic E-state index is 0.459. The van der Waals surface area contributed by atoms with Gasteiger partial charge in [0, 0.05) is 19.2 Å². The molecule has 2 fully saturated rings. The Morgan fingerprint density at radius 1 is 1.31 bits per heavy atom. The Labute approximate surface area is 81.0 Å². The van der Waals surface area contributed by atoms with Crippen molar-refractivity contribution in [3.8, 4) is 0 Å². The van der Waals surface area contributed by atoms with Gasteiger partial charge in [-0.3, -0.25) is 0 Å². The van der Waals surface area contributed by atoms with Crippen molar-refractivity contribution in [1.29, 1.82) is 0 Å². The van der Waals surface area contributed by atoms with Gasteiger partial charge in [0.2, 0.25) is 0 Å². The Balaban J connectivity index is 1.53. The van der Waals surface area contributed by atoms with E-state index >= 15 is 0 Å². The monoisotopic (exact) mass is 183 g/mol. The summed E-state index contributed by atoms with van der Waals surface area (Å²) >= 11 is 0. The first-order valence-electron chi connectivity index (χ1n) is 5.73. The highest BCUT2D eigenvalue weighted by Crippen LogP contribution is 2.29. The van der Waals surface area contributed by atoms with Gasteiger partial charge in [0.25, 0.3) is 0 Å². The number of ether oxygens (including phenoxy) is 1.